The zero-order chi connectivity index (χ0) is 25.7. The van der Waals surface area contributed by atoms with Crippen LogP contribution in [0, 0.1) is 24.2 Å². The Morgan fingerprint density at radius 1 is 1.17 bits per heavy atom. The summed E-state index contributed by atoms with van der Waals surface area (Å²) in [5, 5.41) is 15.6. The van der Waals surface area contributed by atoms with Crippen LogP contribution >= 0.6 is 43.6 Å². The molecule has 0 radical (unpaired) electrons. The van der Waals surface area contributed by atoms with Crippen molar-refractivity contribution in [1.29, 1.82) is 5.26 Å². The molecular weight excluding hydrogens is 602 g/mol. The Hall–Kier alpha value is -2.81. The second kappa shape index (κ2) is 11.7. The van der Waals surface area contributed by atoms with E-state index in [1.807, 2.05) is 19.1 Å². The third-order valence-electron chi connectivity index (χ3n) is 5.31. The molecule has 2 aromatic carbocycles. The van der Waals surface area contributed by atoms with Crippen molar-refractivity contribution in [2.75, 3.05) is 25.3 Å². The molecule has 11 heteroatoms. The van der Waals surface area contributed by atoms with Crippen molar-refractivity contribution in [1.82, 2.24) is 5.32 Å². The third-order valence-corrected chi connectivity index (χ3v) is 7.83. The summed E-state index contributed by atoms with van der Waals surface area (Å²) in [7, 11) is 2.70. The van der Waals surface area contributed by atoms with Crippen molar-refractivity contribution < 1.29 is 23.9 Å². The molecule has 1 heterocycles. The Bertz CT molecular complexity index is 1260. The van der Waals surface area contributed by atoms with Crippen LogP contribution in [0.25, 0.3) is 0 Å². The van der Waals surface area contributed by atoms with Crippen LogP contribution in [0.2, 0.25) is 0 Å². The fraction of sp³-hybridized carbons (Fsp3) is 0.250. The number of nitrogens with one attached hydrogen (secondary N) is 2. The molecule has 2 N–H and O–H groups in total. The van der Waals surface area contributed by atoms with Gasteiger partial charge in [-0.05, 0) is 64.3 Å². The predicted octanol–water partition coefficient (Wildman–Crippen LogP) is 4.64. The number of halogens is 2. The van der Waals surface area contributed by atoms with Crippen LogP contribution in [-0.4, -0.2) is 37.8 Å². The number of benzene rings is 2. The molecule has 2 aromatic rings. The summed E-state index contributed by atoms with van der Waals surface area (Å²) in [6, 6.07) is 12.6. The number of thioether (sulfide) groups is 1. The molecular formula is C24H21Br2N3O5S. The molecule has 2 atom stereocenters. The van der Waals surface area contributed by atoms with E-state index in [9.17, 15) is 19.6 Å². The SMILES string of the molecule is COC(=O)[C@@H]1C(=O)NC(SCC(=O)Nc2ccc(Br)c(C)c2)=C(C#N)[C@H]1c1ccc(OC)c(Br)c1. The van der Waals surface area contributed by atoms with E-state index in [4.69, 9.17) is 9.47 Å². The first-order valence-electron chi connectivity index (χ1n) is 10.2. The van der Waals surface area contributed by atoms with Crippen molar-refractivity contribution in [2.45, 2.75) is 12.8 Å². The fourth-order valence-electron chi connectivity index (χ4n) is 3.61. The molecule has 3 rings (SSSR count). The number of carbonyl (C=O) groups excluding carboxylic acids is 3. The molecule has 2 amide bonds. The number of hydrogen-bond donors (Lipinski definition) is 2. The van der Waals surface area contributed by atoms with Crippen LogP contribution in [0.4, 0.5) is 5.69 Å². The van der Waals surface area contributed by atoms with Gasteiger partial charge in [0.2, 0.25) is 11.8 Å². The Morgan fingerprint density at radius 2 is 1.91 bits per heavy atom. The van der Waals surface area contributed by atoms with Crippen molar-refractivity contribution in [2.24, 2.45) is 5.92 Å². The number of nitrogens with zero attached hydrogens (tertiary/aromatic N) is 1. The van der Waals surface area contributed by atoms with Crippen LogP contribution in [-0.2, 0) is 19.1 Å². The van der Waals surface area contributed by atoms with E-state index in [1.165, 1.54) is 14.2 Å². The summed E-state index contributed by atoms with van der Waals surface area (Å²) in [6.07, 6.45) is 0. The summed E-state index contributed by atoms with van der Waals surface area (Å²) >= 11 is 7.84. The molecule has 35 heavy (non-hydrogen) atoms. The Morgan fingerprint density at radius 3 is 2.51 bits per heavy atom. The monoisotopic (exact) mass is 621 g/mol. The molecule has 0 spiro atoms. The number of nitriles is 1. The molecule has 0 aromatic heterocycles. The predicted molar refractivity (Wildman–Crippen MR) is 140 cm³/mol. The minimum Gasteiger partial charge on any atom is -0.496 e. The number of ether oxygens (including phenoxy) is 2. The van der Waals surface area contributed by atoms with Gasteiger partial charge in [-0.1, -0.05) is 33.8 Å². The number of aryl methyl sites for hydroxylation is 1. The maximum atomic E-state index is 13.0. The Labute approximate surface area is 223 Å². The number of methoxy groups -OCH3 is 2. The maximum Gasteiger partial charge on any atom is 0.319 e. The van der Waals surface area contributed by atoms with E-state index in [-0.39, 0.29) is 22.3 Å². The normalized spacial score (nSPS) is 17.3. The van der Waals surface area contributed by atoms with Gasteiger partial charge in [0.15, 0.2) is 0 Å². The highest BCUT2D eigenvalue weighted by Gasteiger charge is 2.44. The highest BCUT2D eigenvalue weighted by molar-refractivity contribution is 9.10. The first-order chi connectivity index (χ1) is 16.7. The standard InChI is InChI=1S/C24H21Br2N3O5S/c1-12-8-14(5-6-16(12)25)28-19(30)11-35-23-15(10-27)20(21(22(31)29-23)24(32)34-3)13-4-7-18(33-2)17(26)9-13/h4-9,20-21H,11H2,1-3H3,(H,28,30)(H,29,31)/t20-,21+/m1/s1. The molecule has 0 aliphatic carbocycles. The number of allylic oxidation sites excluding steroid dienone is 1. The molecule has 0 bridgehead atoms. The molecule has 0 saturated carbocycles. The molecule has 0 saturated heterocycles. The van der Waals surface area contributed by atoms with Gasteiger partial charge in [-0.15, -0.1) is 0 Å². The highest BCUT2D eigenvalue weighted by Crippen LogP contribution is 2.42. The number of rotatable bonds is 7. The van der Waals surface area contributed by atoms with Crippen LogP contribution in [0.5, 0.6) is 5.75 Å². The summed E-state index contributed by atoms with van der Waals surface area (Å²) in [6.45, 7) is 1.91. The topological polar surface area (TPSA) is 118 Å². The summed E-state index contributed by atoms with van der Waals surface area (Å²) in [5.74, 6) is -3.35. The number of hydrogen-bond acceptors (Lipinski definition) is 7. The van der Waals surface area contributed by atoms with Gasteiger partial charge in [0.05, 0.1) is 41.1 Å². The van der Waals surface area contributed by atoms with Gasteiger partial charge in [-0.3, -0.25) is 14.4 Å². The first kappa shape index (κ1) is 26.8. The van der Waals surface area contributed by atoms with Crippen molar-refractivity contribution >= 4 is 67.1 Å². The average Bonchev–Trinajstić information content (AvgIpc) is 2.84. The lowest BCUT2D eigenvalue weighted by molar-refractivity contribution is -0.150. The molecule has 0 fully saturated rings. The van der Waals surface area contributed by atoms with Crippen LogP contribution < -0.4 is 15.4 Å². The number of amides is 2. The van der Waals surface area contributed by atoms with Crippen LogP contribution in [0.3, 0.4) is 0 Å². The average molecular weight is 623 g/mol. The fourth-order valence-corrected chi connectivity index (χ4v) is 5.27. The number of anilines is 1. The zero-order valence-electron chi connectivity index (χ0n) is 19.0. The number of carbonyl (C=O) groups is 3. The maximum absolute atomic E-state index is 13.0. The van der Waals surface area contributed by atoms with Gasteiger partial charge in [0.25, 0.3) is 0 Å². The zero-order valence-corrected chi connectivity index (χ0v) is 23.0. The van der Waals surface area contributed by atoms with Crippen LogP contribution in [0.15, 0.2) is 55.9 Å². The second-order valence-electron chi connectivity index (χ2n) is 7.52. The van der Waals surface area contributed by atoms with Gasteiger partial charge in [-0.2, -0.15) is 5.26 Å². The largest absolute Gasteiger partial charge is 0.496 e. The van der Waals surface area contributed by atoms with E-state index >= 15 is 0 Å². The highest BCUT2D eigenvalue weighted by atomic mass is 79.9. The smallest absolute Gasteiger partial charge is 0.319 e. The summed E-state index contributed by atoms with van der Waals surface area (Å²) in [5.41, 5.74) is 2.30. The quantitative estimate of drug-likeness (QED) is 0.341. The minimum atomic E-state index is -1.26. The second-order valence-corrected chi connectivity index (χ2v) is 10.2. The van der Waals surface area contributed by atoms with Gasteiger partial charge < -0.3 is 20.1 Å². The lowest BCUT2D eigenvalue weighted by Gasteiger charge is -2.31. The van der Waals surface area contributed by atoms with E-state index in [1.54, 1.807) is 24.3 Å². The van der Waals surface area contributed by atoms with Gasteiger partial charge in [-0.25, -0.2) is 0 Å². The number of esters is 1. The molecule has 1 aliphatic rings. The van der Waals surface area contributed by atoms with Gasteiger partial charge >= 0.3 is 5.97 Å². The van der Waals surface area contributed by atoms with Gasteiger partial charge in [0.1, 0.15) is 11.7 Å². The van der Waals surface area contributed by atoms with E-state index in [2.05, 4.69) is 48.6 Å². The van der Waals surface area contributed by atoms with Crippen molar-refractivity contribution in [3.05, 3.63) is 67.1 Å². The van der Waals surface area contributed by atoms with Gasteiger partial charge in [0, 0.05) is 16.1 Å². The van der Waals surface area contributed by atoms with Crippen molar-refractivity contribution in [3.63, 3.8) is 0 Å². The Kier molecular flexibility index (Phi) is 8.99. The summed E-state index contributed by atoms with van der Waals surface area (Å²) < 4.78 is 11.6. The van der Waals surface area contributed by atoms with E-state index < -0.39 is 23.7 Å². The van der Waals surface area contributed by atoms with E-state index in [0.29, 0.717) is 21.5 Å². The lowest BCUT2D eigenvalue weighted by atomic mass is 9.78. The molecule has 182 valence electrons. The summed E-state index contributed by atoms with van der Waals surface area (Å²) in [4.78, 5) is 38.0. The van der Waals surface area contributed by atoms with E-state index in [0.717, 1.165) is 21.8 Å². The first-order valence-corrected chi connectivity index (χ1v) is 12.8. The van der Waals surface area contributed by atoms with Crippen molar-refractivity contribution in [3.8, 4) is 11.8 Å². The van der Waals surface area contributed by atoms with Crippen LogP contribution in [0.1, 0.15) is 17.0 Å². The minimum absolute atomic E-state index is 0.0577. The molecule has 8 nitrogen and oxygen atoms in total. The molecule has 0 unspecified atom stereocenters. The molecule has 1 aliphatic heterocycles. The third kappa shape index (κ3) is 6.07. The lowest BCUT2D eigenvalue weighted by Crippen LogP contribution is -2.44. The Balaban J connectivity index is 1.91.